The molecule has 0 saturated carbocycles. The van der Waals surface area contributed by atoms with Crippen molar-refractivity contribution >= 4 is 5.96 Å². The molecule has 3 rings (SSSR count). The number of aryl methyl sites for hydroxylation is 1. The normalized spacial score (nSPS) is 25.9. The molecule has 4 nitrogen and oxygen atoms in total. The highest BCUT2D eigenvalue weighted by atomic mass is 16.3. The van der Waals surface area contributed by atoms with E-state index >= 15 is 0 Å². The molecule has 0 amide bonds. The zero-order valence-corrected chi connectivity index (χ0v) is 12.1. The Labute approximate surface area is 120 Å². The maximum Gasteiger partial charge on any atom is 0.193 e. The number of aliphatic hydroxyl groups is 1. The van der Waals surface area contributed by atoms with E-state index in [1.807, 2.05) is 25.2 Å². The van der Waals surface area contributed by atoms with Gasteiger partial charge in [0.05, 0.1) is 6.54 Å². The van der Waals surface area contributed by atoms with E-state index in [1.54, 1.807) is 0 Å². The van der Waals surface area contributed by atoms with Gasteiger partial charge in [-0.05, 0) is 36.8 Å². The Bertz CT molecular complexity index is 508. The maximum atomic E-state index is 10.9. The van der Waals surface area contributed by atoms with Crippen LogP contribution in [-0.4, -0.2) is 42.6 Å². The van der Waals surface area contributed by atoms with Gasteiger partial charge in [0, 0.05) is 20.1 Å². The maximum absolute atomic E-state index is 10.9. The molecule has 20 heavy (non-hydrogen) atoms. The first-order valence-corrected chi connectivity index (χ1v) is 7.49. The molecule has 1 fully saturated rings. The quantitative estimate of drug-likeness (QED) is 0.634. The Morgan fingerprint density at radius 2 is 2.10 bits per heavy atom. The van der Waals surface area contributed by atoms with Crippen molar-refractivity contribution in [2.24, 2.45) is 4.99 Å². The van der Waals surface area contributed by atoms with Crippen LogP contribution >= 0.6 is 0 Å². The molecule has 4 heteroatoms. The van der Waals surface area contributed by atoms with Crippen LogP contribution in [0.1, 0.15) is 30.4 Å². The number of hydrogen-bond acceptors (Lipinski definition) is 2. The van der Waals surface area contributed by atoms with Gasteiger partial charge in [-0.1, -0.05) is 24.3 Å². The predicted molar refractivity (Wildman–Crippen MR) is 80.8 cm³/mol. The number of guanidine groups is 1. The second kappa shape index (κ2) is 5.44. The Kier molecular flexibility index (Phi) is 3.66. The van der Waals surface area contributed by atoms with Crippen LogP contribution in [0.4, 0.5) is 0 Å². The molecule has 2 N–H and O–H groups in total. The Morgan fingerprint density at radius 3 is 2.85 bits per heavy atom. The molecule has 1 saturated heterocycles. The second-order valence-corrected chi connectivity index (χ2v) is 5.78. The smallest absolute Gasteiger partial charge is 0.193 e. The standard InChI is InChI=1S/C16H23N3O/c1-17-15(19-10-4-5-11-19)18-12-16(20)9-8-13-6-2-3-7-14(13)16/h2-3,6-7,20H,4-5,8-12H2,1H3,(H,17,18). The highest BCUT2D eigenvalue weighted by Crippen LogP contribution is 2.36. The average Bonchev–Trinajstić information content (AvgIpc) is 3.10. The van der Waals surface area contributed by atoms with Gasteiger partial charge in [-0.2, -0.15) is 0 Å². The van der Waals surface area contributed by atoms with Crippen LogP contribution in [0, 0.1) is 0 Å². The molecule has 1 aliphatic carbocycles. The highest BCUT2D eigenvalue weighted by Gasteiger charge is 2.36. The van der Waals surface area contributed by atoms with Crippen LogP contribution in [0.15, 0.2) is 29.3 Å². The minimum atomic E-state index is -0.758. The van der Waals surface area contributed by atoms with Gasteiger partial charge >= 0.3 is 0 Å². The van der Waals surface area contributed by atoms with E-state index in [0.717, 1.165) is 37.5 Å². The van der Waals surface area contributed by atoms with E-state index in [2.05, 4.69) is 21.3 Å². The van der Waals surface area contributed by atoms with Gasteiger partial charge < -0.3 is 15.3 Å². The molecule has 0 radical (unpaired) electrons. The first kappa shape index (κ1) is 13.4. The van der Waals surface area contributed by atoms with Crippen LogP contribution in [0.5, 0.6) is 0 Å². The summed E-state index contributed by atoms with van der Waals surface area (Å²) in [6, 6.07) is 8.21. The van der Waals surface area contributed by atoms with Crippen LogP contribution < -0.4 is 5.32 Å². The largest absolute Gasteiger partial charge is 0.383 e. The Hall–Kier alpha value is -1.55. The van der Waals surface area contributed by atoms with Crippen molar-refractivity contribution in [3.05, 3.63) is 35.4 Å². The van der Waals surface area contributed by atoms with Crippen molar-refractivity contribution in [1.82, 2.24) is 10.2 Å². The van der Waals surface area contributed by atoms with Crippen molar-refractivity contribution in [3.8, 4) is 0 Å². The van der Waals surface area contributed by atoms with Gasteiger partial charge in [0.25, 0.3) is 0 Å². The zero-order chi connectivity index (χ0) is 14.0. The fraction of sp³-hybridized carbons (Fsp3) is 0.562. The van der Waals surface area contributed by atoms with Crippen molar-refractivity contribution < 1.29 is 5.11 Å². The average molecular weight is 273 g/mol. The Morgan fingerprint density at radius 1 is 1.35 bits per heavy atom. The topological polar surface area (TPSA) is 47.9 Å². The fourth-order valence-corrected chi connectivity index (χ4v) is 3.34. The van der Waals surface area contributed by atoms with Gasteiger partial charge in [0.1, 0.15) is 5.60 Å². The summed E-state index contributed by atoms with van der Waals surface area (Å²) in [5, 5.41) is 14.3. The summed E-state index contributed by atoms with van der Waals surface area (Å²) in [5.41, 5.74) is 1.59. The first-order chi connectivity index (χ1) is 9.73. The summed E-state index contributed by atoms with van der Waals surface area (Å²) in [7, 11) is 1.81. The van der Waals surface area contributed by atoms with E-state index in [1.165, 1.54) is 18.4 Å². The lowest BCUT2D eigenvalue weighted by molar-refractivity contribution is 0.0427. The number of aliphatic imine (C=N–C) groups is 1. The molecule has 0 aromatic heterocycles. The van der Waals surface area contributed by atoms with Crippen molar-refractivity contribution in [3.63, 3.8) is 0 Å². The molecule has 0 bridgehead atoms. The lowest BCUT2D eigenvalue weighted by Gasteiger charge is -2.28. The third-order valence-electron chi connectivity index (χ3n) is 4.48. The fourth-order valence-electron chi connectivity index (χ4n) is 3.34. The number of nitrogens with one attached hydrogen (secondary N) is 1. The van der Waals surface area contributed by atoms with Crippen molar-refractivity contribution in [2.45, 2.75) is 31.3 Å². The van der Waals surface area contributed by atoms with Gasteiger partial charge in [-0.25, -0.2) is 0 Å². The van der Waals surface area contributed by atoms with Gasteiger partial charge in [0.2, 0.25) is 0 Å². The number of likely N-dealkylation sites (tertiary alicyclic amines) is 1. The summed E-state index contributed by atoms with van der Waals surface area (Å²) in [5.74, 6) is 0.917. The number of hydrogen-bond donors (Lipinski definition) is 2. The number of rotatable bonds is 2. The van der Waals surface area contributed by atoms with Crippen LogP contribution in [-0.2, 0) is 12.0 Å². The monoisotopic (exact) mass is 273 g/mol. The van der Waals surface area contributed by atoms with E-state index in [-0.39, 0.29) is 0 Å². The predicted octanol–water partition coefficient (Wildman–Crippen LogP) is 1.49. The molecular formula is C16H23N3O. The Balaban J connectivity index is 1.69. The van der Waals surface area contributed by atoms with E-state index in [0.29, 0.717) is 6.54 Å². The second-order valence-electron chi connectivity index (χ2n) is 5.78. The minimum absolute atomic E-state index is 0.535. The molecular weight excluding hydrogens is 250 g/mol. The molecule has 1 atom stereocenters. The lowest BCUT2D eigenvalue weighted by atomic mass is 9.96. The third-order valence-corrected chi connectivity index (χ3v) is 4.48. The molecule has 2 aliphatic rings. The molecule has 1 aromatic carbocycles. The third kappa shape index (κ3) is 2.40. The van der Waals surface area contributed by atoms with Gasteiger partial charge in [-0.3, -0.25) is 4.99 Å². The molecule has 1 aliphatic heterocycles. The summed E-state index contributed by atoms with van der Waals surface area (Å²) >= 11 is 0. The lowest BCUT2D eigenvalue weighted by Crippen LogP contribution is -2.46. The van der Waals surface area contributed by atoms with E-state index < -0.39 is 5.60 Å². The highest BCUT2D eigenvalue weighted by molar-refractivity contribution is 5.80. The number of benzene rings is 1. The molecule has 108 valence electrons. The summed E-state index contributed by atoms with van der Waals surface area (Å²) in [6.45, 7) is 2.66. The molecule has 1 aromatic rings. The van der Waals surface area contributed by atoms with E-state index in [9.17, 15) is 5.11 Å². The summed E-state index contributed by atoms with van der Waals surface area (Å²) in [4.78, 5) is 6.61. The zero-order valence-electron chi connectivity index (χ0n) is 12.1. The van der Waals surface area contributed by atoms with Crippen LogP contribution in [0.2, 0.25) is 0 Å². The molecule has 1 heterocycles. The summed E-state index contributed by atoms with van der Waals surface area (Å²) < 4.78 is 0. The van der Waals surface area contributed by atoms with E-state index in [4.69, 9.17) is 0 Å². The van der Waals surface area contributed by atoms with Crippen molar-refractivity contribution in [1.29, 1.82) is 0 Å². The van der Waals surface area contributed by atoms with Crippen LogP contribution in [0.3, 0.4) is 0 Å². The van der Waals surface area contributed by atoms with Gasteiger partial charge in [0.15, 0.2) is 5.96 Å². The number of nitrogens with zero attached hydrogens (tertiary/aromatic N) is 2. The molecule has 0 spiro atoms. The number of fused-ring (bicyclic) bond motifs is 1. The first-order valence-electron chi connectivity index (χ1n) is 7.49. The van der Waals surface area contributed by atoms with Crippen LogP contribution in [0.25, 0.3) is 0 Å². The van der Waals surface area contributed by atoms with Gasteiger partial charge in [-0.15, -0.1) is 0 Å². The SMILES string of the molecule is CN=C(NCC1(O)CCc2ccccc21)N1CCCC1. The summed E-state index contributed by atoms with van der Waals surface area (Å²) in [6.07, 6.45) is 4.20. The van der Waals surface area contributed by atoms with Crippen molar-refractivity contribution in [2.75, 3.05) is 26.7 Å². The minimum Gasteiger partial charge on any atom is -0.383 e. The molecule has 1 unspecified atom stereocenters.